The summed E-state index contributed by atoms with van der Waals surface area (Å²) < 4.78 is 0. The number of carbonyl (C=O) groups excluding carboxylic acids is 1. The number of hydrogen-bond donors (Lipinski definition) is 2. The van der Waals surface area contributed by atoms with Gasteiger partial charge in [-0.15, -0.1) is 0 Å². The monoisotopic (exact) mass is 212 g/mol. The Labute approximate surface area is 93.0 Å². The summed E-state index contributed by atoms with van der Waals surface area (Å²) in [6, 6.07) is 0.0788. The van der Waals surface area contributed by atoms with E-state index in [-0.39, 0.29) is 11.9 Å². The van der Waals surface area contributed by atoms with Crippen molar-refractivity contribution in [2.24, 2.45) is 5.92 Å². The lowest BCUT2D eigenvalue weighted by Crippen LogP contribution is -2.40. The molecule has 0 unspecified atom stereocenters. The lowest BCUT2D eigenvalue weighted by atomic mass is 10.1. The molecule has 0 radical (unpaired) electrons. The van der Waals surface area contributed by atoms with Crippen LogP contribution >= 0.6 is 0 Å². The van der Waals surface area contributed by atoms with Gasteiger partial charge in [0.25, 0.3) is 0 Å². The van der Waals surface area contributed by atoms with Crippen LogP contribution in [0.2, 0.25) is 0 Å². The van der Waals surface area contributed by atoms with Gasteiger partial charge in [0.1, 0.15) is 0 Å². The lowest BCUT2D eigenvalue weighted by molar-refractivity contribution is -0.122. The zero-order chi connectivity index (χ0) is 11.1. The molecule has 1 heterocycles. The number of unbranched alkanes of at least 4 members (excludes halogenated alkanes) is 1. The van der Waals surface area contributed by atoms with Gasteiger partial charge in [-0.25, -0.2) is 0 Å². The second-order valence-corrected chi connectivity index (χ2v) is 4.83. The summed E-state index contributed by atoms with van der Waals surface area (Å²) in [6.07, 6.45) is 5.72. The maximum Gasteiger partial charge on any atom is 0.237 e. The highest BCUT2D eigenvalue weighted by molar-refractivity contribution is 5.81. The minimum Gasteiger partial charge on any atom is -0.355 e. The van der Waals surface area contributed by atoms with Crippen molar-refractivity contribution >= 4 is 5.91 Å². The molecule has 3 nitrogen and oxygen atoms in total. The Balaban J connectivity index is 1.97. The third kappa shape index (κ3) is 5.17. The molecule has 1 amide bonds. The number of rotatable bonds is 6. The first-order valence-electron chi connectivity index (χ1n) is 6.21. The number of amides is 1. The first kappa shape index (κ1) is 12.5. The standard InChI is InChI=1S/C12H24N2O/c1-10(2)6-3-4-8-14-12(15)11-7-5-9-13-11/h10-11,13H,3-9H2,1-2H3,(H,14,15)/t11-/m0/s1. The average Bonchev–Trinajstić information content (AvgIpc) is 2.69. The smallest absolute Gasteiger partial charge is 0.237 e. The van der Waals surface area contributed by atoms with Crippen LogP contribution < -0.4 is 10.6 Å². The summed E-state index contributed by atoms with van der Waals surface area (Å²) in [5, 5.41) is 6.20. The van der Waals surface area contributed by atoms with Crippen molar-refractivity contribution in [3.63, 3.8) is 0 Å². The van der Waals surface area contributed by atoms with Gasteiger partial charge in [-0.05, 0) is 31.7 Å². The molecule has 1 fully saturated rings. The summed E-state index contributed by atoms with van der Waals surface area (Å²) in [5.74, 6) is 0.967. The SMILES string of the molecule is CC(C)CCCCNC(=O)[C@@H]1CCCN1. The molecule has 0 aromatic rings. The molecule has 1 rings (SSSR count). The van der Waals surface area contributed by atoms with Crippen LogP contribution in [0, 0.1) is 5.92 Å². The topological polar surface area (TPSA) is 41.1 Å². The summed E-state index contributed by atoms with van der Waals surface area (Å²) in [5.41, 5.74) is 0. The molecule has 1 atom stereocenters. The molecule has 1 aliphatic heterocycles. The molecular formula is C12H24N2O. The van der Waals surface area contributed by atoms with E-state index in [9.17, 15) is 4.79 Å². The third-order valence-electron chi connectivity index (χ3n) is 2.88. The van der Waals surface area contributed by atoms with Gasteiger partial charge in [-0.1, -0.05) is 26.7 Å². The quantitative estimate of drug-likeness (QED) is 0.658. The van der Waals surface area contributed by atoms with Gasteiger partial charge in [0, 0.05) is 6.54 Å². The summed E-state index contributed by atoms with van der Waals surface area (Å²) >= 11 is 0. The van der Waals surface area contributed by atoms with Crippen molar-refractivity contribution in [1.29, 1.82) is 0 Å². The predicted molar refractivity (Wildman–Crippen MR) is 62.7 cm³/mol. The van der Waals surface area contributed by atoms with Crippen molar-refractivity contribution in [2.45, 2.75) is 52.0 Å². The first-order chi connectivity index (χ1) is 7.20. The van der Waals surface area contributed by atoms with Crippen LogP contribution in [-0.2, 0) is 4.79 Å². The van der Waals surface area contributed by atoms with Crippen molar-refractivity contribution in [1.82, 2.24) is 10.6 Å². The Morgan fingerprint density at radius 2 is 2.27 bits per heavy atom. The van der Waals surface area contributed by atoms with Gasteiger partial charge in [0.2, 0.25) is 5.91 Å². The normalized spacial score (nSPS) is 20.9. The minimum atomic E-state index is 0.0788. The Morgan fingerprint density at radius 1 is 1.47 bits per heavy atom. The van der Waals surface area contributed by atoms with Gasteiger partial charge >= 0.3 is 0 Å². The van der Waals surface area contributed by atoms with E-state index in [0.29, 0.717) is 0 Å². The summed E-state index contributed by atoms with van der Waals surface area (Å²) in [6.45, 7) is 6.30. The Bertz CT molecular complexity index is 186. The van der Waals surface area contributed by atoms with Crippen LogP contribution in [0.25, 0.3) is 0 Å². The van der Waals surface area contributed by atoms with E-state index in [2.05, 4.69) is 24.5 Å². The van der Waals surface area contributed by atoms with Crippen LogP contribution in [0.1, 0.15) is 46.0 Å². The van der Waals surface area contributed by atoms with E-state index in [4.69, 9.17) is 0 Å². The maximum absolute atomic E-state index is 11.6. The Hall–Kier alpha value is -0.570. The molecule has 1 aliphatic rings. The van der Waals surface area contributed by atoms with Crippen LogP contribution in [0.5, 0.6) is 0 Å². The predicted octanol–water partition coefficient (Wildman–Crippen LogP) is 1.68. The van der Waals surface area contributed by atoms with Crippen LogP contribution in [0.3, 0.4) is 0 Å². The zero-order valence-corrected chi connectivity index (χ0v) is 10.0. The van der Waals surface area contributed by atoms with Crippen LogP contribution in [0.4, 0.5) is 0 Å². The molecule has 0 spiro atoms. The Kier molecular flexibility index (Phi) is 5.69. The molecular weight excluding hydrogens is 188 g/mol. The van der Waals surface area contributed by atoms with Gasteiger partial charge in [-0.3, -0.25) is 4.79 Å². The van der Waals surface area contributed by atoms with E-state index in [1.807, 2.05) is 0 Å². The third-order valence-corrected chi connectivity index (χ3v) is 2.88. The van der Waals surface area contributed by atoms with Crippen molar-refractivity contribution in [3.05, 3.63) is 0 Å². The fourth-order valence-electron chi connectivity index (χ4n) is 1.92. The van der Waals surface area contributed by atoms with Gasteiger partial charge in [0.05, 0.1) is 6.04 Å². The second-order valence-electron chi connectivity index (χ2n) is 4.83. The number of carbonyl (C=O) groups is 1. The van der Waals surface area contributed by atoms with Crippen molar-refractivity contribution in [2.75, 3.05) is 13.1 Å². The molecule has 0 aromatic carbocycles. The first-order valence-corrected chi connectivity index (χ1v) is 6.21. The minimum absolute atomic E-state index is 0.0788. The fraction of sp³-hybridized carbons (Fsp3) is 0.917. The molecule has 0 saturated carbocycles. The molecule has 88 valence electrons. The van der Waals surface area contributed by atoms with Crippen LogP contribution in [0.15, 0.2) is 0 Å². The van der Waals surface area contributed by atoms with Gasteiger partial charge in [0.15, 0.2) is 0 Å². The highest BCUT2D eigenvalue weighted by Gasteiger charge is 2.20. The van der Waals surface area contributed by atoms with E-state index in [1.54, 1.807) is 0 Å². The Morgan fingerprint density at radius 3 is 2.87 bits per heavy atom. The highest BCUT2D eigenvalue weighted by atomic mass is 16.2. The lowest BCUT2D eigenvalue weighted by Gasteiger charge is -2.11. The highest BCUT2D eigenvalue weighted by Crippen LogP contribution is 2.06. The molecule has 2 N–H and O–H groups in total. The molecule has 0 aliphatic carbocycles. The van der Waals surface area contributed by atoms with Crippen molar-refractivity contribution < 1.29 is 4.79 Å². The largest absolute Gasteiger partial charge is 0.355 e. The van der Waals surface area contributed by atoms with Gasteiger partial charge < -0.3 is 10.6 Å². The molecule has 3 heteroatoms. The number of nitrogens with one attached hydrogen (secondary N) is 2. The molecule has 0 bridgehead atoms. The number of hydrogen-bond acceptors (Lipinski definition) is 2. The summed E-state index contributed by atoms with van der Waals surface area (Å²) in [4.78, 5) is 11.6. The molecule has 15 heavy (non-hydrogen) atoms. The van der Waals surface area contributed by atoms with E-state index < -0.39 is 0 Å². The van der Waals surface area contributed by atoms with Gasteiger partial charge in [-0.2, -0.15) is 0 Å². The van der Waals surface area contributed by atoms with E-state index >= 15 is 0 Å². The maximum atomic E-state index is 11.6. The van der Waals surface area contributed by atoms with Crippen molar-refractivity contribution in [3.8, 4) is 0 Å². The van der Waals surface area contributed by atoms with E-state index in [0.717, 1.165) is 38.3 Å². The zero-order valence-electron chi connectivity index (χ0n) is 10.0. The summed E-state index contributed by atoms with van der Waals surface area (Å²) in [7, 11) is 0. The second kappa shape index (κ2) is 6.83. The molecule has 0 aromatic heterocycles. The molecule has 1 saturated heterocycles. The average molecular weight is 212 g/mol. The fourth-order valence-corrected chi connectivity index (χ4v) is 1.92. The van der Waals surface area contributed by atoms with Crippen LogP contribution in [-0.4, -0.2) is 25.0 Å². The van der Waals surface area contributed by atoms with E-state index in [1.165, 1.54) is 12.8 Å².